The molecule has 0 aliphatic heterocycles. The Morgan fingerprint density at radius 3 is 2.89 bits per heavy atom. The van der Waals surface area contributed by atoms with Crippen molar-refractivity contribution in [3.05, 3.63) is 11.8 Å². The van der Waals surface area contributed by atoms with E-state index in [9.17, 15) is 0 Å². The molecule has 0 spiro atoms. The van der Waals surface area contributed by atoms with E-state index in [4.69, 9.17) is 5.26 Å². The quantitative estimate of drug-likeness (QED) is 0.831. The zero-order chi connectivity index (χ0) is 13.0. The van der Waals surface area contributed by atoms with Gasteiger partial charge in [0.05, 0.1) is 12.5 Å². The Balaban J connectivity index is 2.20. The van der Waals surface area contributed by atoms with Crippen LogP contribution >= 0.6 is 0 Å². The van der Waals surface area contributed by atoms with Crippen LogP contribution in [0, 0.1) is 18.3 Å². The summed E-state index contributed by atoms with van der Waals surface area (Å²) >= 11 is 0. The van der Waals surface area contributed by atoms with Crippen molar-refractivity contribution in [1.82, 2.24) is 9.97 Å². The van der Waals surface area contributed by atoms with Crippen LogP contribution in [0.4, 0.5) is 11.8 Å². The standard InChI is InChI=1S/C13H19N5/c1-3-15-13-16-10(2)9-12(17-13)18(8-4-7-14)11-5-6-11/h9,11H,3-6,8H2,1-2H3,(H,15,16,17). The molecule has 1 fully saturated rings. The molecule has 0 amide bonds. The molecule has 1 aromatic rings. The van der Waals surface area contributed by atoms with Crippen LogP contribution in [0.25, 0.3) is 0 Å². The molecule has 1 N–H and O–H groups in total. The minimum atomic E-state index is 0.538. The average Bonchev–Trinajstić information content (AvgIpc) is 3.14. The summed E-state index contributed by atoms with van der Waals surface area (Å²) in [4.78, 5) is 11.1. The predicted molar refractivity (Wildman–Crippen MR) is 71.5 cm³/mol. The van der Waals surface area contributed by atoms with Crippen molar-refractivity contribution in [3.63, 3.8) is 0 Å². The van der Waals surface area contributed by atoms with Crippen molar-refractivity contribution in [1.29, 1.82) is 5.26 Å². The van der Waals surface area contributed by atoms with E-state index < -0.39 is 0 Å². The van der Waals surface area contributed by atoms with Crippen LogP contribution in [-0.2, 0) is 0 Å². The number of rotatable bonds is 6. The molecule has 1 saturated carbocycles. The van der Waals surface area contributed by atoms with Crippen LogP contribution in [0.5, 0.6) is 0 Å². The molecule has 0 saturated heterocycles. The van der Waals surface area contributed by atoms with Crippen molar-refractivity contribution in [3.8, 4) is 6.07 Å². The lowest BCUT2D eigenvalue weighted by Crippen LogP contribution is -2.28. The summed E-state index contributed by atoms with van der Waals surface area (Å²) in [6, 6.07) is 4.76. The molecule has 0 unspecified atom stereocenters. The number of aromatic nitrogens is 2. The van der Waals surface area contributed by atoms with Gasteiger partial charge in [0.2, 0.25) is 5.95 Å². The van der Waals surface area contributed by atoms with Crippen molar-refractivity contribution < 1.29 is 0 Å². The molecule has 1 aliphatic rings. The first-order chi connectivity index (χ1) is 8.74. The van der Waals surface area contributed by atoms with Gasteiger partial charge in [0.15, 0.2) is 0 Å². The Bertz CT molecular complexity index is 447. The summed E-state index contributed by atoms with van der Waals surface area (Å²) in [6.07, 6.45) is 2.94. The van der Waals surface area contributed by atoms with Gasteiger partial charge >= 0.3 is 0 Å². The molecule has 1 aromatic heterocycles. The van der Waals surface area contributed by atoms with Crippen molar-refractivity contribution in [2.75, 3.05) is 23.3 Å². The monoisotopic (exact) mass is 245 g/mol. The van der Waals surface area contributed by atoms with Gasteiger partial charge in [-0.25, -0.2) is 4.98 Å². The van der Waals surface area contributed by atoms with E-state index in [0.717, 1.165) is 24.6 Å². The molecule has 5 nitrogen and oxygen atoms in total. The highest BCUT2D eigenvalue weighted by Gasteiger charge is 2.30. The maximum atomic E-state index is 8.74. The Morgan fingerprint density at radius 1 is 1.50 bits per heavy atom. The highest BCUT2D eigenvalue weighted by Crippen LogP contribution is 2.31. The van der Waals surface area contributed by atoms with E-state index in [1.165, 1.54) is 12.8 Å². The zero-order valence-electron chi connectivity index (χ0n) is 11.0. The third-order valence-electron chi connectivity index (χ3n) is 2.92. The molecule has 0 atom stereocenters. The maximum Gasteiger partial charge on any atom is 0.224 e. The lowest BCUT2D eigenvalue weighted by Gasteiger charge is -2.23. The van der Waals surface area contributed by atoms with E-state index in [-0.39, 0.29) is 0 Å². The van der Waals surface area contributed by atoms with Crippen LogP contribution in [0.3, 0.4) is 0 Å². The summed E-state index contributed by atoms with van der Waals surface area (Å²) in [5, 5.41) is 11.9. The summed E-state index contributed by atoms with van der Waals surface area (Å²) in [7, 11) is 0. The summed E-state index contributed by atoms with van der Waals surface area (Å²) in [5.41, 5.74) is 0.957. The highest BCUT2D eigenvalue weighted by atomic mass is 15.3. The SMILES string of the molecule is CCNc1nc(C)cc(N(CCC#N)C2CC2)n1. The maximum absolute atomic E-state index is 8.74. The number of nitrogens with zero attached hydrogens (tertiary/aromatic N) is 4. The minimum absolute atomic E-state index is 0.538. The number of hydrogen-bond donors (Lipinski definition) is 1. The molecule has 1 heterocycles. The number of hydrogen-bond acceptors (Lipinski definition) is 5. The van der Waals surface area contributed by atoms with Gasteiger partial charge in [-0.1, -0.05) is 0 Å². The van der Waals surface area contributed by atoms with Gasteiger partial charge in [-0.3, -0.25) is 0 Å². The molecule has 5 heteroatoms. The fourth-order valence-corrected chi connectivity index (χ4v) is 1.98. The number of aryl methyl sites for hydroxylation is 1. The molecular weight excluding hydrogens is 226 g/mol. The van der Waals surface area contributed by atoms with Gasteiger partial charge in [-0.15, -0.1) is 0 Å². The second-order valence-electron chi connectivity index (χ2n) is 4.55. The van der Waals surface area contributed by atoms with Gasteiger partial charge in [-0.2, -0.15) is 10.2 Å². The van der Waals surface area contributed by atoms with Gasteiger partial charge in [0.25, 0.3) is 0 Å². The Hall–Kier alpha value is -1.83. The number of nitriles is 1. The van der Waals surface area contributed by atoms with E-state index in [2.05, 4.69) is 26.3 Å². The van der Waals surface area contributed by atoms with Gasteiger partial charge < -0.3 is 10.2 Å². The summed E-state index contributed by atoms with van der Waals surface area (Å²) in [6.45, 7) is 5.56. The van der Waals surface area contributed by atoms with Crippen LogP contribution in [0.1, 0.15) is 31.9 Å². The second-order valence-corrected chi connectivity index (χ2v) is 4.55. The van der Waals surface area contributed by atoms with Crippen LogP contribution in [-0.4, -0.2) is 29.1 Å². The first-order valence-electron chi connectivity index (χ1n) is 6.47. The number of anilines is 2. The molecule has 0 bridgehead atoms. The van der Waals surface area contributed by atoms with E-state index in [0.29, 0.717) is 18.4 Å². The summed E-state index contributed by atoms with van der Waals surface area (Å²) in [5.74, 6) is 1.62. The third kappa shape index (κ3) is 3.10. The van der Waals surface area contributed by atoms with Crippen LogP contribution in [0.15, 0.2) is 6.07 Å². The average molecular weight is 245 g/mol. The van der Waals surface area contributed by atoms with E-state index >= 15 is 0 Å². The first-order valence-corrected chi connectivity index (χ1v) is 6.47. The smallest absolute Gasteiger partial charge is 0.224 e. The highest BCUT2D eigenvalue weighted by molar-refractivity contribution is 5.46. The predicted octanol–water partition coefficient (Wildman–Crippen LogP) is 2.10. The zero-order valence-corrected chi connectivity index (χ0v) is 11.0. The lowest BCUT2D eigenvalue weighted by atomic mass is 10.3. The van der Waals surface area contributed by atoms with Gasteiger partial charge in [0.1, 0.15) is 5.82 Å². The van der Waals surface area contributed by atoms with Crippen molar-refractivity contribution in [2.24, 2.45) is 0 Å². The molecule has 1 aliphatic carbocycles. The number of nitrogens with one attached hydrogen (secondary N) is 1. The third-order valence-corrected chi connectivity index (χ3v) is 2.92. The molecular formula is C13H19N5. The van der Waals surface area contributed by atoms with Crippen molar-refractivity contribution in [2.45, 2.75) is 39.2 Å². The van der Waals surface area contributed by atoms with Gasteiger partial charge in [0, 0.05) is 30.9 Å². The van der Waals surface area contributed by atoms with Crippen molar-refractivity contribution >= 4 is 11.8 Å². The topological polar surface area (TPSA) is 64.8 Å². The lowest BCUT2D eigenvalue weighted by molar-refractivity contribution is 0.774. The van der Waals surface area contributed by atoms with E-state index in [1.807, 2.05) is 19.9 Å². The van der Waals surface area contributed by atoms with Crippen LogP contribution in [0.2, 0.25) is 0 Å². The molecule has 0 aromatic carbocycles. The normalized spacial score (nSPS) is 14.1. The fourth-order valence-electron chi connectivity index (χ4n) is 1.98. The molecule has 0 radical (unpaired) electrons. The molecule has 2 rings (SSSR count). The van der Waals surface area contributed by atoms with E-state index in [1.54, 1.807) is 0 Å². The fraction of sp³-hybridized carbons (Fsp3) is 0.615. The largest absolute Gasteiger partial charge is 0.354 e. The Labute approximate surface area is 108 Å². The second kappa shape index (κ2) is 5.67. The first kappa shape index (κ1) is 12.6. The summed E-state index contributed by atoms with van der Waals surface area (Å²) < 4.78 is 0. The van der Waals surface area contributed by atoms with Gasteiger partial charge in [-0.05, 0) is 26.7 Å². The molecule has 18 heavy (non-hydrogen) atoms. The Kier molecular flexibility index (Phi) is 3.98. The minimum Gasteiger partial charge on any atom is -0.354 e. The molecule has 96 valence electrons. The Morgan fingerprint density at radius 2 is 2.28 bits per heavy atom. The van der Waals surface area contributed by atoms with Crippen LogP contribution < -0.4 is 10.2 Å².